The fourth-order valence-corrected chi connectivity index (χ4v) is 2.46. The zero-order chi connectivity index (χ0) is 23.5. The summed E-state index contributed by atoms with van der Waals surface area (Å²) >= 11 is 0. The number of carbonyl (C=O) groups excluding carboxylic acids is 1. The Morgan fingerprint density at radius 3 is 2.16 bits per heavy atom. The quantitative estimate of drug-likeness (QED) is 0.131. The van der Waals surface area contributed by atoms with Crippen LogP contribution in [-0.2, 0) is 0 Å². The molecule has 2 amide bonds. The molecular formula is C19H26N10O3. The first-order valence-electron chi connectivity index (χ1n) is 9.38. The van der Waals surface area contributed by atoms with Crippen molar-refractivity contribution in [2.24, 2.45) is 16.0 Å². The first-order chi connectivity index (χ1) is 15.3. The number of hydrazine groups is 1. The number of benzene rings is 2. The number of amides is 2. The summed E-state index contributed by atoms with van der Waals surface area (Å²) in [7, 11) is 0. The van der Waals surface area contributed by atoms with Gasteiger partial charge in [0.05, 0.1) is 5.71 Å². The van der Waals surface area contributed by atoms with Crippen LogP contribution in [-0.4, -0.2) is 34.1 Å². The van der Waals surface area contributed by atoms with Gasteiger partial charge in [-0.2, -0.15) is 5.10 Å². The average molecular weight is 442 g/mol. The van der Waals surface area contributed by atoms with Gasteiger partial charge in [-0.05, 0) is 49.2 Å². The molecule has 0 radical (unpaired) electrons. The molecule has 0 aliphatic heterocycles. The largest absolute Gasteiger partial charge is 0.408 e. The maximum Gasteiger partial charge on any atom is 0.323 e. The van der Waals surface area contributed by atoms with Gasteiger partial charge in [0.25, 0.3) is 0 Å². The number of hydrogen-bond donors (Lipinski definition) is 10. The van der Waals surface area contributed by atoms with E-state index in [0.717, 1.165) is 11.1 Å². The van der Waals surface area contributed by atoms with E-state index in [2.05, 4.69) is 37.2 Å². The number of oxime groups is 1. The second-order valence-corrected chi connectivity index (χ2v) is 6.55. The van der Waals surface area contributed by atoms with Crippen LogP contribution in [0.3, 0.4) is 0 Å². The van der Waals surface area contributed by atoms with Crippen LogP contribution in [0.1, 0.15) is 31.0 Å². The second kappa shape index (κ2) is 11.7. The number of carbonyl (C=O) groups is 1. The Labute approximate surface area is 184 Å². The topological polar surface area (TPSA) is 204 Å². The van der Waals surface area contributed by atoms with Gasteiger partial charge >= 0.3 is 6.03 Å². The van der Waals surface area contributed by atoms with E-state index in [0.29, 0.717) is 17.1 Å². The molecule has 32 heavy (non-hydrogen) atoms. The molecule has 1 unspecified atom stereocenters. The highest BCUT2D eigenvalue weighted by Gasteiger charge is 2.07. The molecule has 1 atom stereocenters. The van der Waals surface area contributed by atoms with Gasteiger partial charge in [0, 0.05) is 17.4 Å². The van der Waals surface area contributed by atoms with E-state index >= 15 is 0 Å². The average Bonchev–Trinajstić information content (AvgIpc) is 2.81. The maximum atomic E-state index is 12.3. The molecule has 13 heteroatoms. The minimum absolute atomic E-state index is 0.135. The number of hydrogen-bond acceptors (Lipinski definition) is 7. The maximum absolute atomic E-state index is 12.3. The van der Waals surface area contributed by atoms with Crippen molar-refractivity contribution in [3.8, 4) is 0 Å². The number of rotatable bonds is 7. The summed E-state index contributed by atoms with van der Waals surface area (Å²) in [5.41, 5.74) is 18.2. The normalized spacial score (nSPS) is 12.5. The van der Waals surface area contributed by atoms with E-state index in [9.17, 15) is 4.79 Å². The number of nitrogens with two attached hydrogens (primary N) is 1. The molecule has 170 valence electrons. The number of nitrogens with one attached hydrogen (secondary N) is 7. The van der Waals surface area contributed by atoms with Gasteiger partial charge in [-0.25, -0.2) is 21.1 Å². The predicted octanol–water partition coefficient (Wildman–Crippen LogP) is 1.42. The summed E-state index contributed by atoms with van der Waals surface area (Å²) in [6.45, 7) is 3.62. The van der Waals surface area contributed by atoms with Crippen LogP contribution < -0.4 is 38.1 Å². The molecule has 0 fully saturated rings. The number of nitrogens with zero attached hydrogens (tertiary/aromatic N) is 2. The molecule has 2 rings (SSSR count). The van der Waals surface area contributed by atoms with E-state index in [4.69, 9.17) is 21.6 Å². The van der Waals surface area contributed by atoms with Crippen molar-refractivity contribution in [3.63, 3.8) is 0 Å². The van der Waals surface area contributed by atoms with Gasteiger partial charge in [-0.3, -0.25) is 16.0 Å². The molecule has 0 saturated carbocycles. The Kier molecular flexibility index (Phi) is 8.77. The lowest BCUT2D eigenvalue weighted by Gasteiger charge is -2.15. The zero-order valence-electron chi connectivity index (χ0n) is 17.5. The van der Waals surface area contributed by atoms with Crippen LogP contribution >= 0.6 is 0 Å². The van der Waals surface area contributed by atoms with Gasteiger partial charge in [0.1, 0.15) is 0 Å². The van der Waals surface area contributed by atoms with E-state index in [1.54, 1.807) is 48.8 Å². The van der Waals surface area contributed by atoms with Crippen molar-refractivity contribution in [1.29, 1.82) is 5.41 Å². The van der Waals surface area contributed by atoms with Crippen molar-refractivity contribution in [2.45, 2.75) is 19.9 Å². The molecule has 0 bridgehead atoms. The summed E-state index contributed by atoms with van der Waals surface area (Å²) in [5.74, 6) is -0.506. The number of guanidine groups is 2. The number of hydroxylamine groups is 1. The van der Waals surface area contributed by atoms with Crippen LogP contribution in [0.25, 0.3) is 0 Å². The first-order valence-corrected chi connectivity index (χ1v) is 9.38. The minimum Gasteiger partial charge on any atom is -0.408 e. The Morgan fingerprint density at radius 2 is 1.62 bits per heavy atom. The van der Waals surface area contributed by atoms with Gasteiger partial charge in [0.2, 0.25) is 11.9 Å². The number of anilines is 2. The number of hydrazone groups is 1. The highest BCUT2D eigenvalue weighted by molar-refractivity contribution is 6.01. The Morgan fingerprint density at radius 1 is 1.06 bits per heavy atom. The molecule has 0 heterocycles. The van der Waals surface area contributed by atoms with Gasteiger partial charge in [0.15, 0.2) is 0 Å². The second-order valence-electron chi connectivity index (χ2n) is 6.55. The van der Waals surface area contributed by atoms with Crippen molar-refractivity contribution in [3.05, 3.63) is 59.7 Å². The fraction of sp³-hybridized carbons (Fsp3) is 0.158. The molecule has 0 saturated heterocycles. The monoisotopic (exact) mass is 442 g/mol. The highest BCUT2D eigenvalue weighted by atomic mass is 16.5. The molecule has 0 spiro atoms. The van der Waals surface area contributed by atoms with Crippen LogP contribution in [0.4, 0.5) is 16.2 Å². The Balaban J connectivity index is 1.89. The Hall–Kier alpha value is -4.36. The summed E-state index contributed by atoms with van der Waals surface area (Å²) < 4.78 is 0. The van der Waals surface area contributed by atoms with E-state index in [1.165, 1.54) is 0 Å². The standard InChI is InChI=1S/C19H26N10O3/c1-11(24-26-17(20)28-31)13-3-7-15(8-4-13)22-19(30)23-16-9-5-14(6-10-16)12(2)25-27-18(21)29-32/h3-11,24,31-32H,1-2H3,(H3,20,26,28)(H3,21,27,29)(H2,22,23,30)/b25-12+. The van der Waals surface area contributed by atoms with Crippen LogP contribution in [0.2, 0.25) is 0 Å². The smallest absolute Gasteiger partial charge is 0.323 e. The third-order valence-corrected chi connectivity index (χ3v) is 4.20. The Bertz CT molecular complexity index is 974. The van der Waals surface area contributed by atoms with E-state index in [-0.39, 0.29) is 18.0 Å². The molecule has 2 aromatic rings. The fourth-order valence-electron chi connectivity index (χ4n) is 2.46. The van der Waals surface area contributed by atoms with Crippen molar-refractivity contribution < 1.29 is 15.2 Å². The van der Waals surface area contributed by atoms with E-state index in [1.807, 2.05) is 19.1 Å². The predicted molar refractivity (Wildman–Crippen MR) is 122 cm³/mol. The molecule has 0 aromatic heterocycles. The summed E-state index contributed by atoms with van der Waals surface area (Å²) in [6, 6.07) is 13.6. The van der Waals surface area contributed by atoms with Crippen molar-refractivity contribution in [2.75, 3.05) is 10.6 Å². The lowest BCUT2D eigenvalue weighted by atomic mass is 10.1. The van der Waals surface area contributed by atoms with Crippen LogP contribution in [0.15, 0.2) is 58.8 Å². The first kappa shape index (κ1) is 23.9. The lowest BCUT2D eigenvalue weighted by molar-refractivity contribution is 0.228. The van der Waals surface area contributed by atoms with Gasteiger partial charge < -0.3 is 21.6 Å². The summed E-state index contributed by atoms with van der Waals surface area (Å²) in [6.07, 6.45) is 0. The summed E-state index contributed by atoms with van der Waals surface area (Å²) in [4.78, 5) is 12.3. The molecule has 0 aliphatic carbocycles. The molecule has 0 aliphatic rings. The third-order valence-electron chi connectivity index (χ3n) is 4.20. The molecular weight excluding hydrogens is 416 g/mol. The highest BCUT2D eigenvalue weighted by Crippen LogP contribution is 2.16. The zero-order valence-corrected chi connectivity index (χ0v) is 17.5. The lowest BCUT2D eigenvalue weighted by Crippen LogP contribution is -2.43. The summed E-state index contributed by atoms with van der Waals surface area (Å²) in [5, 5.41) is 36.5. The van der Waals surface area contributed by atoms with Gasteiger partial charge in [-0.1, -0.05) is 29.4 Å². The van der Waals surface area contributed by atoms with Crippen LogP contribution in [0.5, 0.6) is 0 Å². The SMILES string of the molecule is C/C(=N\NC(=N)NO)c1ccc(NC(=O)Nc2ccc(C(C)NN/C(N)=N/O)cc2)cc1. The van der Waals surface area contributed by atoms with Gasteiger partial charge in [-0.15, -0.1) is 0 Å². The van der Waals surface area contributed by atoms with E-state index < -0.39 is 6.03 Å². The van der Waals surface area contributed by atoms with Crippen molar-refractivity contribution >= 4 is 35.0 Å². The molecule has 2 aromatic carbocycles. The van der Waals surface area contributed by atoms with Crippen LogP contribution in [0, 0.1) is 5.41 Å². The molecule has 13 nitrogen and oxygen atoms in total. The third kappa shape index (κ3) is 7.47. The number of urea groups is 1. The van der Waals surface area contributed by atoms with Crippen molar-refractivity contribution in [1.82, 2.24) is 21.8 Å². The minimum atomic E-state index is -0.403. The molecule has 11 N–H and O–H groups in total.